The second kappa shape index (κ2) is 7.29. The lowest BCUT2D eigenvalue weighted by molar-refractivity contribution is -0.145. The lowest BCUT2D eigenvalue weighted by Crippen LogP contribution is -2.34. The SMILES string of the molecule is CCOC(=O)C(C)NCc1ccc(OCC2CC2)cc1. The Morgan fingerprint density at radius 1 is 1.35 bits per heavy atom. The second-order valence-corrected chi connectivity index (χ2v) is 5.25. The first-order valence-electron chi connectivity index (χ1n) is 7.30. The second-order valence-electron chi connectivity index (χ2n) is 5.25. The first-order valence-corrected chi connectivity index (χ1v) is 7.30. The molecule has 1 atom stereocenters. The predicted molar refractivity (Wildman–Crippen MR) is 77.6 cm³/mol. The Bertz CT molecular complexity index is 426. The maximum absolute atomic E-state index is 11.5. The van der Waals surface area contributed by atoms with Gasteiger partial charge in [0.2, 0.25) is 0 Å². The molecule has 1 saturated carbocycles. The Balaban J connectivity index is 1.73. The van der Waals surface area contributed by atoms with E-state index >= 15 is 0 Å². The molecule has 0 bridgehead atoms. The molecule has 4 nitrogen and oxygen atoms in total. The van der Waals surface area contributed by atoms with Gasteiger partial charge in [-0.15, -0.1) is 0 Å². The monoisotopic (exact) mass is 277 g/mol. The molecule has 1 aromatic carbocycles. The maximum atomic E-state index is 11.5. The van der Waals surface area contributed by atoms with E-state index in [1.807, 2.05) is 38.1 Å². The Morgan fingerprint density at radius 3 is 2.65 bits per heavy atom. The number of benzene rings is 1. The molecule has 2 rings (SSSR count). The van der Waals surface area contributed by atoms with Crippen LogP contribution in [-0.2, 0) is 16.1 Å². The summed E-state index contributed by atoms with van der Waals surface area (Å²) in [5, 5.41) is 3.15. The Hall–Kier alpha value is -1.55. The molecule has 0 aliphatic heterocycles. The average molecular weight is 277 g/mol. The van der Waals surface area contributed by atoms with Crippen molar-refractivity contribution in [3.8, 4) is 5.75 Å². The summed E-state index contributed by atoms with van der Waals surface area (Å²) in [6, 6.07) is 7.71. The van der Waals surface area contributed by atoms with Crippen molar-refractivity contribution in [3.63, 3.8) is 0 Å². The third-order valence-electron chi connectivity index (χ3n) is 3.36. The molecule has 0 spiro atoms. The van der Waals surface area contributed by atoms with Crippen LogP contribution >= 0.6 is 0 Å². The average Bonchev–Trinajstić information content (AvgIpc) is 3.28. The molecule has 1 N–H and O–H groups in total. The molecular formula is C16H23NO3. The molecule has 0 heterocycles. The largest absolute Gasteiger partial charge is 0.493 e. The van der Waals surface area contributed by atoms with Gasteiger partial charge in [-0.25, -0.2) is 0 Å². The van der Waals surface area contributed by atoms with Gasteiger partial charge >= 0.3 is 5.97 Å². The van der Waals surface area contributed by atoms with E-state index in [2.05, 4.69) is 5.32 Å². The number of hydrogen-bond donors (Lipinski definition) is 1. The van der Waals surface area contributed by atoms with Crippen molar-refractivity contribution in [1.82, 2.24) is 5.32 Å². The zero-order chi connectivity index (χ0) is 14.4. The van der Waals surface area contributed by atoms with Crippen molar-refractivity contribution in [2.45, 2.75) is 39.3 Å². The van der Waals surface area contributed by atoms with Crippen LogP contribution in [0.15, 0.2) is 24.3 Å². The molecule has 0 saturated heterocycles. The van der Waals surface area contributed by atoms with Gasteiger partial charge in [-0.2, -0.15) is 0 Å². The van der Waals surface area contributed by atoms with E-state index in [-0.39, 0.29) is 12.0 Å². The Labute approximate surface area is 120 Å². The molecule has 0 aromatic heterocycles. The molecule has 1 unspecified atom stereocenters. The first-order chi connectivity index (χ1) is 9.69. The molecule has 0 amide bonds. The van der Waals surface area contributed by atoms with Crippen molar-refractivity contribution in [1.29, 1.82) is 0 Å². The molecular weight excluding hydrogens is 254 g/mol. The summed E-state index contributed by atoms with van der Waals surface area (Å²) in [5.41, 5.74) is 1.12. The van der Waals surface area contributed by atoms with Gasteiger partial charge in [0.05, 0.1) is 13.2 Å². The summed E-state index contributed by atoms with van der Waals surface area (Å²) in [7, 11) is 0. The highest BCUT2D eigenvalue weighted by molar-refractivity contribution is 5.75. The van der Waals surface area contributed by atoms with E-state index in [0.717, 1.165) is 23.8 Å². The van der Waals surface area contributed by atoms with Gasteiger partial charge in [0.25, 0.3) is 0 Å². The molecule has 1 aromatic rings. The van der Waals surface area contributed by atoms with Crippen LogP contribution < -0.4 is 10.1 Å². The molecule has 1 fully saturated rings. The van der Waals surface area contributed by atoms with Crippen LogP contribution in [0.5, 0.6) is 5.75 Å². The van der Waals surface area contributed by atoms with Gasteiger partial charge in [-0.05, 0) is 50.3 Å². The minimum Gasteiger partial charge on any atom is -0.493 e. The van der Waals surface area contributed by atoms with Gasteiger partial charge in [0.15, 0.2) is 0 Å². The summed E-state index contributed by atoms with van der Waals surface area (Å²) in [6.45, 7) is 5.51. The van der Waals surface area contributed by atoms with E-state index < -0.39 is 0 Å². The van der Waals surface area contributed by atoms with E-state index in [4.69, 9.17) is 9.47 Å². The van der Waals surface area contributed by atoms with E-state index in [1.165, 1.54) is 12.8 Å². The van der Waals surface area contributed by atoms with Crippen LogP contribution in [0, 0.1) is 5.92 Å². The smallest absolute Gasteiger partial charge is 0.322 e. The number of esters is 1. The molecule has 1 aliphatic rings. The summed E-state index contributed by atoms with van der Waals surface area (Å²) < 4.78 is 10.6. The molecule has 1 aliphatic carbocycles. The predicted octanol–water partition coefficient (Wildman–Crippen LogP) is 2.52. The van der Waals surface area contributed by atoms with Crippen molar-refractivity contribution in [2.24, 2.45) is 5.92 Å². The van der Waals surface area contributed by atoms with Crippen LogP contribution in [0.3, 0.4) is 0 Å². The van der Waals surface area contributed by atoms with Gasteiger partial charge in [0.1, 0.15) is 11.8 Å². The highest BCUT2D eigenvalue weighted by Gasteiger charge is 2.21. The maximum Gasteiger partial charge on any atom is 0.322 e. The first kappa shape index (κ1) is 14.9. The fraction of sp³-hybridized carbons (Fsp3) is 0.562. The van der Waals surface area contributed by atoms with Crippen LogP contribution in [0.1, 0.15) is 32.3 Å². The Kier molecular flexibility index (Phi) is 5.41. The van der Waals surface area contributed by atoms with Crippen molar-refractivity contribution >= 4 is 5.97 Å². The third kappa shape index (κ3) is 4.85. The highest BCUT2D eigenvalue weighted by atomic mass is 16.5. The van der Waals surface area contributed by atoms with Crippen molar-refractivity contribution in [3.05, 3.63) is 29.8 Å². The highest BCUT2D eigenvalue weighted by Crippen LogP contribution is 2.29. The van der Waals surface area contributed by atoms with Gasteiger partial charge in [-0.3, -0.25) is 4.79 Å². The van der Waals surface area contributed by atoms with Gasteiger partial charge in [-0.1, -0.05) is 12.1 Å². The summed E-state index contributed by atoms with van der Waals surface area (Å²) >= 11 is 0. The number of hydrogen-bond acceptors (Lipinski definition) is 4. The number of nitrogens with one attached hydrogen (secondary N) is 1. The fourth-order valence-electron chi connectivity index (χ4n) is 1.82. The summed E-state index contributed by atoms with van der Waals surface area (Å²) in [5.74, 6) is 1.47. The summed E-state index contributed by atoms with van der Waals surface area (Å²) in [6.07, 6.45) is 2.60. The van der Waals surface area contributed by atoms with Crippen LogP contribution in [-0.4, -0.2) is 25.2 Å². The normalized spacial score (nSPS) is 15.7. The topological polar surface area (TPSA) is 47.6 Å². The number of ether oxygens (including phenoxy) is 2. The standard InChI is InChI=1S/C16H23NO3/c1-3-19-16(18)12(2)17-10-13-6-8-15(9-7-13)20-11-14-4-5-14/h6-9,12,14,17H,3-5,10-11H2,1-2H3. The van der Waals surface area contributed by atoms with Crippen molar-refractivity contribution < 1.29 is 14.3 Å². The number of rotatable bonds is 8. The van der Waals surface area contributed by atoms with Crippen LogP contribution in [0.25, 0.3) is 0 Å². The van der Waals surface area contributed by atoms with Crippen LogP contribution in [0.4, 0.5) is 0 Å². The van der Waals surface area contributed by atoms with E-state index in [1.54, 1.807) is 0 Å². The lowest BCUT2D eigenvalue weighted by atomic mass is 10.2. The fourth-order valence-corrected chi connectivity index (χ4v) is 1.82. The lowest BCUT2D eigenvalue weighted by Gasteiger charge is -2.13. The molecule has 4 heteroatoms. The van der Waals surface area contributed by atoms with Crippen LogP contribution in [0.2, 0.25) is 0 Å². The summed E-state index contributed by atoms with van der Waals surface area (Å²) in [4.78, 5) is 11.5. The minimum atomic E-state index is -0.291. The Morgan fingerprint density at radius 2 is 2.05 bits per heavy atom. The molecule has 20 heavy (non-hydrogen) atoms. The number of carbonyl (C=O) groups is 1. The minimum absolute atomic E-state index is 0.211. The van der Waals surface area contributed by atoms with Gasteiger partial charge < -0.3 is 14.8 Å². The van der Waals surface area contributed by atoms with E-state index in [9.17, 15) is 4.79 Å². The third-order valence-corrected chi connectivity index (χ3v) is 3.36. The zero-order valence-electron chi connectivity index (χ0n) is 12.2. The molecule has 0 radical (unpaired) electrons. The quantitative estimate of drug-likeness (QED) is 0.742. The molecule has 110 valence electrons. The number of carbonyl (C=O) groups excluding carboxylic acids is 1. The van der Waals surface area contributed by atoms with Gasteiger partial charge in [0, 0.05) is 6.54 Å². The van der Waals surface area contributed by atoms with Crippen molar-refractivity contribution in [2.75, 3.05) is 13.2 Å². The van der Waals surface area contributed by atoms with E-state index in [0.29, 0.717) is 13.2 Å². The zero-order valence-corrected chi connectivity index (χ0v) is 12.2.